The first-order chi connectivity index (χ1) is 14.0. The molecule has 1 aromatic heterocycles. The third kappa shape index (κ3) is 5.90. The number of amides is 2. The Bertz CT molecular complexity index is 966. The van der Waals surface area contributed by atoms with Crippen LogP contribution in [0.2, 0.25) is 0 Å². The van der Waals surface area contributed by atoms with E-state index in [-0.39, 0.29) is 18.4 Å². The van der Waals surface area contributed by atoms with Gasteiger partial charge in [-0.15, -0.1) is 0 Å². The second kappa shape index (κ2) is 9.50. The van der Waals surface area contributed by atoms with Crippen LogP contribution in [-0.2, 0) is 11.3 Å². The van der Waals surface area contributed by atoms with Gasteiger partial charge in [0.05, 0.1) is 6.61 Å². The average Bonchev–Trinajstić information content (AvgIpc) is 2.72. The van der Waals surface area contributed by atoms with Crippen LogP contribution < -0.4 is 19.9 Å². The fraction of sp³-hybridized carbons (Fsp3) is 0.174. The zero-order valence-corrected chi connectivity index (χ0v) is 16.5. The fourth-order valence-electron chi connectivity index (χ4n) is 2.71. The lowest BCUT2D eigenvalue weighted by Gasteiger charge is -2.08. The number of pyridine rings is 1. The van der Waals surface area contributed by atoms with E-state index in [2.05, 4.69) is 10.6 Å². The number of ether oxygens (including phenoxy) is 1. The van der Waals surface area contributed by atoms with E-state index in [0.29, 0.717) is 23.5 Å². The highest BCUT2D eigenvalue weighted by Crippen LogP contribution is 2.17. The van der Waals surface area contributed by atoms with E-state index < -0.39 is 0 Å². The molecule has 0 spiro atoms. The van der Waals surface area contributed by atoms with Crippen LogP contribution in [0.5, 0.6) is 5.75 Å². The molecule has 0 aliphatic heterocycles. The van der Waals surface area contributed by atoms with Crippen LogP contribution in [0.3, 0.4) is 0 Å². The summed E-state index contributed by atoms with van der Waals surface area (Å²) in [5, 5.41) is 5.67. The van der Waals surface area contributed by atoms with E-state index in [1.807, 2.05) is 50.5 Å². The quantitative estimate of drug-likeness (QED) is 0.606. The fourth-order valence-corrected chi connectivity index (χ4v) is 2.71. The molecule has 2 aromatic carbocycles. The summed E-state index contributed by atoms with van der Waals surface area (Å²) in [6.45, 7) is 4.74. The highest BCUT2D eigenvalue weighted by Gasteiger charge is 2.11. The van der Waals surface area contributed by atoms with E-state index in [1.54, 1.807) is 41.0 Å². The molecule has 148 valence electrons. The minimum Gasteiger partial charge on any atom is -0.494 e. The number of hydrogen-bond donors (Lipinski definition) is 2. The predicted molar refractivity (Wildman–Crippen MR) is 112 cm³/mol. The van der Waals surface area contributed by atoms with Gasteiger partial charge in [-0.25, -0.2) is 0 Å². The van der Waals surface area contributed by atoms with Crippen LogP contribution in [-0.4, -0.2) is 18.4 Å². The Morgan fingerprint density at radius 3 is 2.07 bits per heavy atom. The van der Waals surface area contributed by atoms with Crippen molar-refractivity contribution in [1.82, 2.24) is 0 Å². The summed E-state index contributed by atoms with van der Waals surface area (Å²) in [5.41, 5.74) is 2.97. The number of carbonyl (C=O) groups is 2. The van der Waals surface area contributed by atoms with Crippen LogP contribution in [0, 0.1) is 6.92 Å². The largest absolute Gasteiger partial charge is 0.494 e. The lowest BCUT2D eigenvalue weighted by molar-refractivity contribution is -0.684. The Morgan fingerprint density at radius 2 is 1.45 bits per heavy atom. The molecule has 0 bridgehead atoms. The molecule has 0 saturated heterocycles. The Labute approximate surface area is 170 Å². The van der Waals surface area contributed by atoms with Gasteiger partial charge in [-0.2, -0.15) is 4.57 Å². The Hall–Kier alpha value is -3.67. The standard InChI is InChI=1S/C23H23N3O3/c1-3-29-21-10-8-20(9-11-21)25-23(28)18-4-6-19(7-5-18)24-22(27)16-26-14-12-17(2)13-15-26/h4-15H,3,16H2,1-2H3,(H-,24,25,27,28)/p+1. The normalized spacial score (nSPS) is 10.3. The van der Waals surface area contributed by atoms with Gasteiger partial charge in [0.25, 0.3) is 11.8 Å². The smallest absolute Gasteiger partial charge is 0.290 e. The molecule has 0 aliphatic carbocycles. The van der Waals surface area contributed by atoms with Crippen molar-refractivity contribution in [2.24, 2.45) is 0 Å². The van der Waals surface area contributed by atoms with Gasteiger partial charge < -0.3 is 15.4 Å². The summed E-state index contributed by atoms with van der Waals surface area (Å²) in [5.74, 6) is 0.405. The van der Waals surface area contributed by atoms with Crippen molar-refractivity contribution in [3.63, 3.8) is 0 Å². The Balaban J connectivity index is 1.55. The molecule has 1 heterocycles. The van der Waals surface area contributed by atoms with Crippen LogP contribution in [0.4, 0.5) is 11.4 Å². The molecule has 2 amide bonds. The van der Waals surface area contributed by atoms with Crippen LogP contribution in [0.25, 0.3) is 0 Å². The summed E-state index contributed by atoms with van der Waals surface area (Å²) < 4.78 is 7.20. The summed E-state index contributed by atoms with van der Waals surface area (Å²) in [7, 11) is 0. The first kappa shape index (κ1) is 20.1. The average molecular weight is 390 g/mol. The predicted octanol–water partition coefficient (Wildman–Crippen LogP) is 3.57. The molecular weight excluding hydrogens is 366 g/mol. The molecular formula is C23H24N3O3+. The third-order valence-corrected chi connectivity index (χ3v) is 4.24. The molecule has 3 rings (SSSR count). The number of benzene rings is 2. The van der Waals surface area contributed by atoms with E-state index in [9.17, 15) is 9.59 Å². The lowest BCUT2D eigenvalue weighted by atomic mass is 10.2. The molecule has 6 heteroatoms. The van der Waals surface area contributed by atoms with Gasteiger partial charge in [0, 0.05) is 29.1 Å². The molecule has 0 fully saturated rings. The van der Waals surface area contributed by atoms with Crippen LogP contribution >= 0.6 is 0 Å². The van der Waals surface area contributed by atoms with Crippen molar-refractivity contribution in [3.05, 3.63) is 84.2 Å². The highest BCUT2D eigenvalue weighted by molar-refractivity contribution is 6.04. The number of aryl methyl sites for hydroxylation is 1. The first-order valence-electron chi connectivity index (χ1n) is 9.43. The van der Waals surface area contributed by atoms with Gasteiger partial charge in [-0.3, -0.25) is 9.59 Å². The van der Waals surface area contributed by atoms with E-state index in [4.69, 9.17) is 4.74 Å². The lowest BCUT2D eigenvalue weighted by Crippen LogP contribution is -2.39. The van der Waals surface area contributed by atoms with Gasteiger partial charge >= 0.3 is 0 Å². The van der Waals surface area contributed by atoms with Gasteiger partial charge in [0.1, 0.15) is 5.75 Å². The number of rotatable bonds is 7. The van der Waals surface area contributed by atoms with Crippen LogP contribution in [0.1, 0.15) is 22.8 Å². The van der Waals surface area contributed by atoms with Crippen molar-refractivity contribution in [1.29, 1.82) is 0 Å². The van der Waals surface area contributed by atoms with Crippen molar-refractivity contribution in [2.75, 3.05) is 17.2 Å². The van der Waals surface area contributed by atoms with Gasteiger partial charge in [0.2, 0.25) is 6.54 Å². The number of carbonyl (C=O) groups excluding carboxylic acids is 2. The molecule has 29 heavy (non-hydrogen) atoms. The first-order valence-corrected chi connectivity index (χ1v) is 9.43. The maximum Gasteiger partial charge on any atom is 0.290 e. The van der Waals surface area contributed by atoms with Gasteiger partial charge in [0.15, 0.2) is 12.4 Å². The molecule has 3 aromatic rings. The molecule has 0 atom stereocenters. The van der Waals surface area contributed by atoms with Crippen molar-refractivity contribution >= 4 is 23.2 Å². The molecule has 6 nitrogen and oxygen atoms in total. The maximum atomic E-state index is 12.4. The number of hydrogen-bond acceptors (Lipinski definition) is 3. The second-order valence-corrected chi connectivity index (χ2v) is 6.58. The minimum atomic E-state index is -0.220. The molecule has 0 radical (unpaired) electrons. The number of aromatic nitrogens is 1. The third-order valence-electron chi connectivity index (χ3n) is 4.24. The minimum absolute atomic E-state index is 0.134. The van der Waals surface area contributed by atoms with Gasteiger partial charge in [-0.05, 0) is 67.9 Å². The number of anilines is 2. The molecule has 0 unspecified atom stereocenters. The monoisotopic (exact) mass is 390 g/mol. The molecule has 0 saturated carbocycles. The SMILES string of the molecule is CCOc1ccc(NC(=O)c2ccc(NC(=O)C[n+]3ccc(C)cc3)cc2)cc1. The number of nitrogens with one attached hydrogen (secondary N) is 2. The van der Waals surface area contributed by atoms with E-state index in [1.165, 1.54) is 0 Å². The molecule has 2 N–H and O–H groups in total. The maximum absolute atomic E-state index is 12.4. The Morgan fingerprint density at radius 1 is 0.862 bits per heavy atom. The van der Waals surface area contributed by atoms with Crippen molar-refractivity contribution < 1.29 is 18.9 Å². The second-order valence-electron chi connectivity index (χ2n) is 6.58. The van der Waals surface area contributed by atoms with Crippen molar-refractivity contribution in [3.8, 4) is 5.75 Å². The van der Waals surface area contributed by atoms with E-state index in [0.717, 1.165) is 11.3 Å². The topological polar surface area (TPSA) is 71.3 Å². The highest BCUT2D eigenvalue weighted by atomic mass is 16.5. The summed E-state index contributed by atoms with van der Waals surface area (Å²) in [6.07, 6.45) is 3.73. The zero-order chi connectivity index (χ0) is 20.6. The summed E-state index contributed by atoms with van der Waals surface area (Å²) >= 11 is 0. The molecule has 0 aliphatic rings. The summed E-state index contributed by atoms with van der Waals surface area (Å²) in [4.78, 5) is 24.6. The number of nitrogens with zero attached hydrogens (tertiary/aromatic N) is 1. The van der Waals surface area contributed by atoms with E-state index >= 15 is 0 Å². The van der Waals surface area contributed by atoms with Crippen molar-refractivity contribution in [2.45, 2.75) is 20.4 Å². The van der Waals surface area contributed by atoms with Crippen LogP contribution in [0.15, 0.2) is 73.1 Å². The summed E-state index contributed by atoms with van der Waals surface area (Å²) in [6, 6.07) is 17.9. The van der Waals surface area contributed by atoms with Gasteiger partial charge in [-0.1, -0.05) is 0 Å². The zero-order valence-electron chi connectivity index (χ0n) is 16.5. The Kier molecular flexibility index (Phi) is 6.58.